The zero-order valence-corrected chi connectivity index (χ0v) is 10.8. The second kappa shape index (κ2) is 5.31. The minimum absolute atomic E-state index is 0.373. The summed E-state index contributed by atoms with van der Waals surface area (Å²) in [7, 11) is 0. The summed E-state index contributed by atoms with van der Waals surface area (Å²) in [5.41, 5.74) is 3.42. The lowest BCUT2D eigenvalue weighted by Gasteiger charge is -2.36. The van der Waals surface area contributed by atoms with E-state index in [1.165, 1.54) is 32.1 Å². The number of rotatable bonds is 3. The number of hydrogen-bond acceptors (Lipinski definition) is 2. The van der Waals surface area contributed by atoms with Crippen LogP contribution >= 0.6 is 0 Å². The fraction of sp³-hybridized carbons (Fsp3) is 1.00. The van der Waals surface area contributed by atoms with Gasteiger partial charge in [-0.05, 0) is 36.5 Å². The van der Waals surface area contributed by atoms with Crippen LogP contribution in [0.4, 0.5) is 0 Å². The van der Waals surface area contributed by atoms with Crippen molar-refractivity contribution in [1.82, 2.24) is 5.43 Å². The van der Waals surface area contributed by atoms with Crippen LogP contribution in [-0.2, 0) is 0 Å². The summed E-state index contributed by atoms with van der Waals surface area (Å²) >= 11 is 0. The Balaban J connectivity index is 2.50. The zero-order chi connectivity index (χ0) is 11.5. The van der Waals surface area contributed by atoms with Crippen LogP contribution in [0.5, 0.6) is 0 Å². The van der Waals surface area contributed by atoms with E-state index >= 15 is 0 Å². The maximum Gasteiger partial charge on any atom is 0.0243 e. The summed E-state index contributed by atoms with van der Waals surface area (Å²) in [6.45, 7) is 9.26. The van der Waals surface area contributed by atoms with E-state index in [1.54, 1.807) is 0 Å². The van der Waals surface area contributed by atoms with E-state index in [0.717, 1.165) is 11.8 Å². The second-order valence-corrected chi connectivity index (χ2v) is 6.57. The number of hydrazine groups is 1. The lowest BCUT2D eigenvalue weighted by Crippen LogP contribution is -2.44. The molecule has 0 aromatic rings. The lowest BCUT2D eigenvalue weighted by molar-refractivity contribution is 0.180. The molecule has 1 aliphatic rings. The van der Waals surface area contributed by atoms with Crippen molar-refractivity contribution in [1.29, 1.82) is 0 Å². The van der Waals surface area contributed by atoms with E-state index in [1.807, 2.05) is 0 Å². The summed E-state index contributed by atoms with van der Waals surface area (Å²) in [6, 6.07) is 0.507. The summed E-state index contributed by atoms with van der Waals surface area (Å²) in [6.07, 6.45) is 6.68. The molecule has 0 aromatic heterocycles. The normalized spacial score (nSPS) is 30.2. The van der Waals surface area contributed by atoms with Crippen LogP contribution in [0.1, 0.15) is 59.8 Å². The van der Waals surface area contributed by atoms with Gasteiger partial charge in [0, 0.05) is 6.04 Å². The van der Waals surface area contributed by atoms with Crippen molar-refractivity contribution < 1.29 is 0 Å². The SMILES string of the molecule is CC1CCCC(C(CC(C)(C)C)NN)C1. The van der Waals surface area contributed by atoms with Gasteiger partial charge < -0.3 is 0 Å². The first kappa shape index (κ1) is 13.0. The largest absolute Gasteiger partial charge is 0.271 e. The maximum atomic E-state index is 5.71. The van der Waals surface area contributed by atoms with Crippen molar-refractivity contribution >= 4 is 0 Å². The molecule has 0 spiro atoms. The summed E-state index contributed by atoms with van der Waals surface area (Å²) < 4.78 is 0. The highest BCUT2D eigenvalue weighted by Gasteiger charge is 2.28. The fourth-order valence-electron chi connectivity index (χ4n) is 2.87. The van der Waals surface area contributed by atoms with Gasteiger partial charge in [0.05, 0.1) is 0 Å². The van der Waals surface area contributed by atoms with Gasteiger partial charge in [0.15, 0.2) is 0 Å². The van der Waals surface area contributed by atoms with Crippen molar-refractivity contribution in [3.05, 3.63) is 0 Å². The molecule has 0 heterocycles. The topological polar surface area (TPSA) is 38.0 Å². The molecule has 0 amide bonds. The van der Waals surface area contributed by atoms with Gasteiger partial charge in [0.25, 0.3) is 0 Å². The molecule has 3 atom stereocenters. The third kappa shape index (κ3) is 4.52. The maximum absolute atomic E-state index is 5.71. The minimum Gasteiger partial charge on any atom is -0.271 e. The number of nitrogens with two attached hydrogens (primary N) is 1. The van der Waals surface area contributed by atoms with Crippen molar-refractivity contribution in [2.75, 3.05) is 0 Å². The molecule has 1 rings (SSSR count). The average molecular weight is 212 g/mol. The molecule has 15 heavy (non-hydrogen) atoms. The molecular weight excluding hydrogens is 184 g/mol. The minimum atomic E-state index is 0.373. The summed E-state index contributed by atoms with van der Waals surface area (Å²) in [5, 5.41) is 0. The Bertz CT molecular complexity index is 183. The van der Waals surface area contributed by atoms with Crippen LogP contribution in [0.3, 0.4) is 0 Å². The van der Waals surface area contributed by atoms with Crippen molar-refractivity contribution in [3.63, 3.8) is 0 Å². The number of nitrogens with one attached hydrogen (secondary N) is 1. The second-order valence-electron chi connectivity index (χ2n) is 6.57. The van der Waals surface area contributed by atoms with Gasteiger partial charge in [-0.3, -0.25) is 11.3 Å². The standard InChI is InChI=1S/C13H28N2/c1-10-6-5-7-11(8-10)12(15-14)9-13(2,3)4/h10-12,15H,5-9,14H2,1-4H3. The van der Waals surface area contributed by atoms with Gasteiger partial charge in [0.2, 0.25) is 0 Å². The first-order valence-electron chi connectivity index (χ1n) is 6.38. The fourth-order valence-corrected chi connectivity index (χ4v) is 2.87. The van der Waals surface area contributed by atoms with Crippen LogP contribution in [0.25, 0.3) is 0 Å². The average Bonchev–Trinajstić information content (AvgIpc) is 2.13. The van der Waals surface area contributed by atoms with Gasteiger partial charge in [-0.15, -0.1) is 0 Å². The first-order valence-corrected chi connectivity index (χ1v) is 6.38. The van der Waals surface area contributed by atoms with E-state index in [0.29, 0.717) is 11.5 Å². The molecular formula is C13H28N2. The third-order valence-corrected chi connectivity index (χ3v) is 3.59. The highest BCUT2D eigenvalue weighted by Crippen LogP contribution is 2.34. The van der Waals surface area contributed by atoms with Crippen LogP contribution in [0, 0.1) is 17.3 Å². The van der Waals surface area contributed by atoms with Crippen LogP contribution < -0.4 is 11.3 Å². The zero-order valence-electron chi connectivity index (χ0n) is 10.8. The molecule has 90 valence electrons. The highest BCUT2D eigenvalue weighted by atomic mass is 15.2. The van der Waals surface area contributed by atoms with Crippen LogP contribution in [0.15, 0.2) is 0 Å². The van der Waals surface area contributed by atoms with Gasteiger partial charge in [-0.25, -0.2) is 0 Å². The monoisotopic (exact) mass is 212 g/mol. The van der Waals surface area contributed by atoms with Crippen LogP contribution in [-0.4, -0.2) is 6.04 Å². The van der Waals surface area contributed by atoms with E-state index < -0.39 is 0 Å². The van der Waals surface area contributed by atoms with Gasteiger partial charge in [-0.1, -0.05) is 40.5 Å². The van der Waals surface area contributed by atoms with Gasteiger partial charge in [0.1, 0.15) is 0 Å². The molecule has 0 saturated heterocycles. The predicted molar refractivity (Wildman–Crippen MR) is 66.3 cm³/mol. The Kier molecular flexibility index (Phi) is 4.60. The first-order chi connectivity index (χ1) is 6.92. The summed E-state index contributed by atoms with van der Waals surface area (Å²) in [5.74, 6) is 7.38. The molecule has 3 N–H and O–H groups in total. The molecule has 0 aromatic carbocycles. The Hall–Kier alpha value is -0.0800. The van der Waals surface area contributed by atoms with E-state index in [9.17, 15) is 0 Å². The molecule has 2 nitrogen and oxygen atoms in total. The van der Waals surface area contributed by atoms with Gasteiger partial charge >= 0.3 is 0 Å². The molecule has 0 radical (unpaired) electrons. The Morgan fingerprint density at radius 1 is 1.33 bits per heavy atom. The van der Waals surface area contributed by atoms with Crippen LogP contribution in [0.2, 0.25) is 0 Å². The molecule has 1 aliphatic carbocycles. The van der Waals surface area contributed by atoms with Crippen molar-refractivity contribution in [2.24, 2.45) is 23.1 Å². The van der Waals surface area contributed by atoms with E-state index in [-0.39, 0.29) is 0 Å². The molecule has 0 bridgehead atoms. The molecule has 2 heteroatoms. The summed E-state index contributed by atoms with van der Waals surface area (Å²) in [4.78, 5) is 0. The molecule has 1 fully saturated rings. The molecule has 3 unspecified atom stereocenters. The predicted octanol–water partition coefficient (Wildman–Crippen LogP) is 3.08. The quantitative estimate of drug-likeness (QED) is 0.557. The number of hydrogen-bond donors (Lipinski definition) is 2. The van der Waals surface area contributed by atoms with Crippen molar-refractivity contribution in [3.8, 4) is 0 Å². The molecule has 0 aliphatic heterocycles. The Morgan fingerprint density at radius 2 is 2.00 bits per heavy atom. The lowest BCUT2D eigenvalue weighted by atomic mass is 9.74. The smallest absolute Gasteiger partial charge is 0.0243 e. The Labute approximate surface area is 95.0 Å². The highest BCUT2D eigenvalue weighted by molar-refractivity contribution is 4.83. The van der Waals surface area contributed by atoms with Crippen molar-refractivity contribution in [2.45, 2.75) is 65.8 Å². The third-order valence-electron chi connectivity index (χ3n) is 3.59. The molecule has 1 saturated carbocycles. The Morgan fingerprint density at radius 3 is 2.47 bits per heavy atom. The van der Waals surface area contributed by atoms with E-state index in [4.69, 9.17) is 5.84 Å². The van der Waals surface area contributed by atoms with Gasteiger partial charge in [-0.2, -0.15) is 0 Å². The van der Waals surface area contributed by atoms with E-state index in [2.05, 4.69) is 33.1 Å².